The molecule has 1 rings (SSSR count). The van der Waals surface area contributed by atoms with Crippen molar-refractivity contribution in [3.05, 3.63) is 35.9 Å². The van der Waals surface area contributed by atoms with E-state index in [0.29, 0.717) is 5.17 Å². The van der Waals surface area contributed by atoms with E-state index in [1.807, 2.05) is 32.0 Å². The number of nitrogens with zero attached hydrogens (tertiary/aromatic N) is 1. The Bertz CT molecular complexity index is 353. The normalized spacial score (nSPS) is 11.2. The van der Waals surface area contributed by atoms with Crippen LogP contribution in [0.5, 0.6) is 0 Å². The lowest BCUT2D eigenvalue weighted by molar-refractivity contribution is -0.460. The molecule has 0 aromatic heterocycles. The second-order valence-electron chi connectivity index (χ2n) is 3.31. The van der Waals surface area contributed by atoms with Gasteiger partial charge < -0.3 is 0 Å². The summed E-state index contributed by atoms with van der Waals surface area (Å²) in [5, 5.41) is 7.44. The molecule has 80 valence electrons. The molecule has 3 N–H and O–H groups in total. The van der Waals surface area contributed by atoms with Gasteiger partial charge in [-0.2, -0.15) is 0 Å². The van der Waals surface area contributed by atoms with Crippen LogP contribution in [-0.2, 0) is 5.75 Å². The van der Waals surface area contributed by atoms with Crippen molar-refractivity contribution in [2.75, 3.05) is 0 Å². The molecule has 3 nitrogen and oxygen atoms in total. The third kappa shape index (κ3) is 5.22. The van der Waals surface area contributed by atoms with Gasteiger partial charge in [0.15, 0.2) is 0 Å². The van der Waals surface area contributed by atoms with E-state index in [4.69, 9.17) is 5.73 Å². The molecule has 15 heavy (non-hydrogen) atoms. The molecule has 0 aliphatic heterocycles. The quantitative estimate of drug-likeness (QED) is 0.449. The number of benzene rings is 1. The highest BCUT2D eigenvalue weighted by Gasteiger charge is 2.00. The Balaban J connectivity index is 2.44. The summed E-state index contributed by atoms with van der Waals surface area (Å²) in [5.41, 5.74) is 7.94. The number of nitrogens with one attached hydrogen (secondary N) is 1. The van der Waals surface area contributed by atoms with E-state index in [-0.39, 0.29) is 0 Å². The third-order valence-corrected chi connectivity index (χ3v) is 2.51. The Morgan fingerprint density at radius 3 is 2.60 bits per heavy atom. The van der Waals surface area contributed by atoms with Crippen molar-refractivity contribution in [1.29, 1.82) is 0 Å². The lowest BCUT2D eigenvalue weighted by Crippen LogP contribution is -2.68. The van der Waals surface area contributed by atoms with Crippen LogP contribution in [0.4, 0.5) is 0 Å². The number of rotatable bonds is 3. The first kappa shape index (κ1) is 11.8. The molecule has 0 atom stereocenters. The van der Waals surface area contributed by atoms with E-state index in [9.17, 15) is 0 Å². The van der Waals surface area contributed by atoms with Gasteiger partial charge in [-0.05, 0) is 31.2 Å². The van der Waals surface area contributed by atoms with Crippen LogP contribution >= 0.6 is 11.8 Å². The second-order valence-corrected chi connectivity index (χ2v) is 4.33. The monoisotopic (exact) mass is 222 g/mol. The average Bonchev–Trinajstić information content (AvgIpc) is 2.25. The zero-order valence-electron chi connectivity index (χ0n) is 9.03. The number of hydrogen-bond acceptors (Lipinski definition) is 2. The SMILES string of the molecule is CC(C)=N[NH+]=C(N)SCc1ccccc1. The first-order valence-corrected chi connectivity index (χ1v) is 5.73. The van der Waals surface area contributed by atoms with Crippen LogP contribution in [0.25, 0.3) is 0 Å². The standard InChI is InChI=1S/C11H15N3S/c1-9(2)13-14-11(12)15-8-10-6-4-3-5-7-10/h3-7H,8H2,1-2H3,(H2,12,14)/p+1. The summed E-state index contributed by atoms with van der Waals surface area (Å²) in [5.74, 6) is 0.859. The maximum absolute atomic E-state index is 5.73. The highest BCUT2D eigenvalue weighted by molar-refractivity contribution is 8.12. The summed E-state index contributed by atoms with van der Waals surface area (Å²) in [4.78, 5) is 0. The van der Waals surface area contributed by atoms with Gasteiger partial charge >= 0.3 is 5.17 Å². The molecule has 0 unspecified atom stereocenters. The molecule has 1 aromatic carbocycles. The van der Waals surface area contributed by atoms with Gasteiger partial charge in [-0.3, -0.25) is 5.73 Å². The minimum Gasteiger partial charge on any atom is -0.280 e. The van der Waals surface area contributed by atoms with E-state index < -0.39 is 0 Å². The summed E-state index contributed by atoms with van der Waals surface area (Å²) < 4.78 is 0. The molecular formula is C11H16N3S+. The van der Waals surface area contributed by atoms with Gasteiger partial charge in [0.1, 0.15) is 0 Å². The zero-order chi connectivity index (χ0) is 11.1. The zero-order valence-corrected chi connectivity index (χ0v) is 9.84. The predicted octanol–water partition coefficient (Wildman–Crippen LogP) is 0.711. The van der Waals surface area contributed by atoms with Crippen molar-refractivity contribution in [3.63, 3.8) is 0 Å². The molecular weight excluding hydrogens is 206 g/mol. The molecule has 0 saturated heterocycles. The first-order valence-electron chi connectivity index (χ1n) is 4.74. The van der Waals surface area contributed by atoms with Gasteiger partial charge in [0.05, 0.1) is 5.71 Å². The summed E-state index contributed by atoms with van der Waals surface area (Å²) in [6, 6.07) is 10.2. The second kappa shape index (κ2) is 6.24. The molecule has 0 amide bonds. The molecule has 0 bridgehead atoms. The molecule has 4 heteroatoms. The van der Waals surface area contributed by atoms with Crippen molar-refractivity contribution >= 4 is 22.6 Å². The Morgan fingerprint density at radius 2 is 2.00 bits per heavy atom. The highest BCUT2D eigenvalue weighted by atomic mass is 32.2. The number of thioether (sulfide) groups is 1. The van der Waals surface area contributed by atoms with Crippen molar-refractivity contribution in [1.82, 2.24) is 0 Å². The van der Waals surface area contributed by atoms with Crippen LogP contribution in [0.15, 0.2) is 35.4 Å². The highest BCUT2D eigenvalue weighted by Crippen LogP contribution is 2.09. The van der Waals surface area contributed by atoms with Crippen LogP contribution in [0.2, 0.25) is 0 Å². The predicted molar refractivity (Wildman–Crippen MR) is 66.7 cm³/mol. The van der Waals surface area contributed by atoms with Gasteiger partial charge in [0.2, 0.25) is 0 Å². The van der Waals surface area contributed by atoms with Crippen LogP contribution in [-0.4, -0.2) is 10.9 Å². The molecule has 0 spiro atoms. The first-order chi connectivity index (χ1) is 7.18. The fourth-order valence-electron chi connectivity index (χ4n) is 0.934. The molecule has 0 aliphatic carbocycles. The lowest BCUT2D eigenvalue weighted by atomic mass is 10.2. The minimum absolute atomic E-state index is 0.625. The van der Waals surface area contributed by atoms with E-state index >= 15 is 0 Å². The fraction of sp³-hybridized carbons (Fsp3) is 0.273. The fourth-order valence-corrected chi connectivity index (χ4v) is 1.56. The van der Waals surface area contributed by atoms with E-state index in [1.165, 1.54) is 5.56 Å². The summed E-state index contributed by atoms with van der Waals surface area (Å²) >= 11 is 1.55. The molecule has 0 heterocycles. The van der Waals surface area contributed by atoms with Crippen molar-refractivity contribution in [2.24, 2.45) is 10.8 Å². The van der Waals surface area contributed by atoms with Gasteiger partial charge in [-0.25, -0.2) is 0 Å². The van der Waals surface area contributed by atoms with Gasteiger partial charge in [0.25, 0.3) is 0 Å². The molecule has 0 fully saturated rings. The Kier molecular flexibility index (Phi) is 4.90. The Labute approximate surface area is 94.5 Å². The molecule has 0 saturated carbocycles. The summed E-state index contributed by atoms with van der Waals surface area (Å²) in [6.45, 7) is 3.84. The molecule has 1 aromatic rings. The van der Waals surface area contributed by atoms with Crippen LogP contribution in [0.1, 0.15) is 19.4 Å². The van der Waals surface area contributed by atoms with Crippen molar-refractivity contribution in [3.8, 4) is 0 Å². The number of amidine groups is 1. The smallest absolute Gasteiger partial charge is 0.280 e. The maximum Gasteiger partial charge on any atom is 0.327 e. The number of nitrogens with two attached hydrogens (primary N) is 1. The topological polar surface area (TPSA) is 52.3 Å². The van der Waals surface area contributed by atoms with Gasteiger partial charge in [-0.1, -0.05) is 35.4 Å². The maximum atomic E-state index is 5.73. The van der Waals surface area contributed by atoms with Gasteiger partial charge in [-0.15, -0.1) is 5.10 Å². The molecule has 0 aliphatic rings. The summed E-state index contributed by atoms with van der Waals surface area (Å²) in [6.07, 6.45) is 0. The Hall–Kier alpha value is -1.29. The average molecular weight is 222 g/mol. The van der Waals surface area contributed by atoms with Crippen LogP contribution in [0.3, 0.4) is 0 Å². The third-order valence-electron chi connectivity index (χ3n) is 1.63. The van der Waals surface area contributed by atoms with Gasteiger partial charge in [0, 0.05) is 5.75 Å². The Morgan fingerprint density at radius 1 is 1.33 bits per heavy atom. The largest absolute Gasteiger partial charge is 0.327 e. The number of hydrazone groups is 1. The van der Waals surface area contributed by atoms with Crippen molar-refractivity contribution in [2.45, 2.75) is 19.6 Å². The lowest BCUT2D eigenvalue weighted by Gasteiger charge is -1.96. The van der Waals surface area contributed by atoms with E-state index in [0.717, 1.165) is 11.5 Å². The van der Waals surface area contributed by atoms with Crippen LogP contribution < -0.4 is 10.8 Å². The van der Waals surface area contributed by atoms with E-state index in [1.54, 1.807) is 11.8 Å². The minimum atomic E-state index is 0.625. The van der Waals surface area contributed by atoms with Crippen LogP contribution in [0, 0.1) is 0 Å². The van der Waals surface area contributed by atoms with E-state index in [2.05, 4.69) is 22.3 Å². The van der Waals surface area contributed by atoms with Crippen molar-refractivity contribution < 1.29 is 5.10 Å². The molecule has 0 radical (unpaired) electrons. The summed E-state index contributed by atoms with van der Waals surface area (Å²) in [7, 11) is 0. The number of hydrogen-bond donors (Lipinski definition) is 2.